The Hall–Kier alpha value is -0.830. The van der Waals surface area contributed by atoms with Crippen LogP contribution in [0.25, 0.3) is 0 Å². The van der Waals surface area contributed by atoms with Crippen LogP contribution in [-0.2, 0) is 4.84 Å². The Morgan fingerprint density at radius 3 is 2.90 bits per heavy atom. The molecule has 1 rings (SSSR count). The Balaban J connectivity index is 2.67. The van der Waals surface area contributed by atoms with E-state index in [-0.39, 0.29) is 0 Å². The molecule has 0 saturated heterocycles. The number of rotatable bonds is 2. The first-order valence-corrected chi connectivity index (χ1v) is 3.77. The van der Waals surface area contributed by atoms with Gasteiger partial charge in [0.05, 0.1) is 6.21 Å². The van der Waals surface area contributed by atoms with Gasteiger partial charge < -0.3 is 4.84 Å². The van der Waals surface area contributed by atoms with Gasteiger partial charge in [-0.25, -0.2) is 0 Å². The molecule has 1 aromatic rings. The van der Waals surface area contributed by atoms with E-state index in [2.05, 4.69) is 23.0 Å². The highest BCUT2D eigenvalue weighted by molar-refractivity contribution is 7.13. The molecule has 1 heterocycles. The van der Waals surface area contributed by atoms with E-state index in [4.69, 9.17) is 0 Å². The lowest BCUT2D eigenvalue weighted by molar-refractivity contribution is 0.215. The lowest BCUT2D eigenvalue weighted by Crippen LogP contribution is -1.72. The number of hydrogen-bond acceptors (Lipinski definition) is 3. The van der Waals surface area contributed by atoms with E-state index in [9.17, 15) is 0 Å². The summed E-state index contributed by atoms with van der Waals surface area (Å²) in [4.78, 5) is 6.94. The summed E-state index contributed by atoms with van der Waals surface area (Å²) in [6, 6.07) is 4.07. The van der Waals surface area contributed by atoms with Gasteiger partial charge in [-0.1, -0.05) is 5.16 Å². The summed E-state index contributed by atoms with van der Waals surface area (Å²) in [5.41, 5.74) is 0. The van der Waals surface area contributed by atoms with Crippen molar-refractivity contribution in [1.29, 1.82) is 0 Å². The number of thiophene rings is 1. The molecule has 0 aliphatic heterocycles. The minimum absolute atomic E-state index is 1.12. The Bertz CT molecular complexity index is 229. The van der Waals surface area contributed by atoms with Crippen LogP contribution in [0.5, 0.6) is 0 Å². The molecule has 0 aliphatic carbocycles. The van der Waals surface area contributed by atoms with Crippen molar-refractivity contribution in [3.63, 3.8) is 0 Å². The predicted molar refractivity (Wildman–Crippen MR) is 43.7 cm³/mol. The molecule has 0 atom stereocenters. The molecule has 2 nitrogen and oxygen atoms in total. The fourth-order valence-corrected chi connectivity index (χ4v) is 1.37. The highest BCUT2D eigenvalue weighted by atomic mass is 32.1. The van der Waals surface area contributed by atoms with Crippen LogP contribution in [0.1, 0.15) is 9.75 Å². The molecule has 10 heavy (non-hydrogen) atoms. The Morgan fingerprint density at radius 2 is 2.40 bits per heavy atom. The molecule has 0 fully saturated rings. The highest BCUT2D eigenvalue weighted by Crippen LogP contribution is 2.12. The zero-order chi connectivity index (χ0) is 7.40. The zero-order valence-electron chi connectivity index (χ0n) is 6.00. The van der Waals surface area contributed by atoms with E-state index in [1.165, 1.54) is 12.0 Å². The third-order valence-electron chi connectivity index (χ3n) is 1.05. The molecule has 0 spiro atoms. The molecule has 1 aromatic heterocycles. The van der Waals surface area contributed by atoms with Crippen LogP contribution in [0.4, 0.5) is 0 Å². The van der Waals surface area contributed by atoms with Gasteiger partial charge in [0, 0.05) is 9.75 Å². The second-order valence-electron chi connectivity index (χ2n) is 1.87. The van der Waals surface area contributed by atoms with E-state index in [0.29, 0.717) is 0 Å². The molecule has 0 N–H and O–H groups in total. The van der Waals surface area contributed by atoms with E-state index in [0.717, 1.165) is 4.88 Å². The monoisotopic (exact) mass is 155 g/mol. The molecule has 0 amide bonds. The third-order valence-corrected chi connectivity index (χ3v) is 1.98. The SMILES string of the molecule is CON=Cc1ccc(C)s1. The molecule has 0 aliphatic rings. The molecular weight excluding hydrogens is 146 g/mol. The van der Waals surface area contributed by atoms with Crippen LogP contribution in [0.2, 0.25) is 0 Å². The summed E-state index contributed by atoms with van der Waals surface area (Å²) in [6.07, 6.45) is 1.71. The topological polar surface area (TPSA) is 21.6 Å². The zero-order valence-corrected chi connectivity index (χ0v) is 6.81. The maximum Gasteiger partial charge on any atom is 0.106 e. The standard InChI is InChI=1S/C7H9NOS/c1-6-3-4-7(10-6)5-8-9-2/h3-5H,1-2H3. The van der Waals surface area contributed by atoms with Crippen molar-refractivity contribution in [1.82, 2.24) is 0 Å². The maximum atomic E-state index is 4.53. The summed E-state index contributed by atoms with van der Waals surface area (Å²) < 4.78 is 0. The van der Waals surface area contributed by atoms with Crippen LogP contribution in [0, 0.1) is 6.92 Å². The number of hydrogen-bond donors (Lipinski definition) is 0. The van der Waals surface area contributed by atoms with Gasteiger partial charge in [0.15, 0.2) is 0 Å². The second kappa shape index (κ2) is 3.37. The number of nitrogens with zero attached hydrogens (tertiary/aromatic N) is 1. The minimum Gasteiger partial charge on any atom is -0.399 e. The minimum atomic E-state index is 1.12. The first-order chi connectivity index (χ1) is 4.83. The van der Waals surface area contributed by atoms with Crippen molar-refractivity contribution in [2.75, 3.05) is 7.11 Å². The van der Waals surface area contributed by atoms with Gasteiger partial charge in [-0.05, 0) is 19.1 Å². The summed E-state index contributed by atoms with van der Waals surface area (Å²) in [6.45, 7) is 2.06. The molecule has 54 valence electrons. The van der Waals surface area contributed by atoms with Crippen molar-refractivity contribution in [3.8, 4) is 0 Å². The number of aryl methyl sites for hydroxylation is 1. The Labute approximate surface area is 64.1 Å². The van der Waals surface area contributed by atoms with Gasteiger partial charge in [-0.2, -0.15) is 0 Å². The molecule has 0 radical (unpaired) electrons. The van der Waals surface area contributed by atoms with E-state index in [1.54, 1.807) is 17.6 Å². The van der Waals surface area contributed by atoms with Crippen LogP contribution in [-0.4, -0.2) is 13.3 Å². The molecule has 0 bridgehead atoms. The summed E-state index contributed by atoms with van der Waals surface area (Å²) in [5, 5.41) is 3.64. The lowest BCUT2D eigenvalue weighted by atomic mass is 10.4. The molecule has 0 unspecified atom stereocenters. The maximum absolute atomic E-state index is 4.53. The summed E-state index contributed by atoms with van der Waals surface area (Å²) in [7, 11) is 1.54. The van der Waals surface area contributed by atoms with Gasteiger partial charge >= 0.3 is 0 Å². The number of oxime groups is 1. The third kappa shape index (κ3) is 1.84. The first-order valence-electron chi connectivity index (χ1n) is 2.96. The van der Waals surface area contributed by atoms with E-state index < -0.39 is 0 Å². The van der Waals surface area contributed by atoms with Crippen molar-refractivity contribution >= 4 is 17.6 Å². The van der Waals surface area contributed by atoms with Gasteiger partial charge in [0.25, 0.3) is 0 Å². The highest BCUT2D eigenvalue weighted by Gasteiger charge is 1.90. The summed E-state index contributed by atoms with van der Waals surface area (Å²) in [5.74, 6) is 0. The van der Waals surface area contributed by atoms with E-state index in [1.807, 2.05) is 6.07 Å². The summed E-state index contributed by atoms with van der Waals surface area (Å²) >= 11 is 1.70. The largest absolute Gasteiger partial charge is 0.399 e. The fraction of sp³-hybridized carbons (Fsp3) is 0.286. The first kappa shape index (κ1) is 7.28. The van der Waals surface area contributed by atoms with Crippen LogP contribution in [0.15, 0.2) is 17.3 Å². The predicted octanol–water partition coefficient (Wildman–Crippen LogP) is 2.04. The normalized spacial score (nSPS) is 10.6. The molecule has 0 saturated carbocycles. The van der Waals surface area contributed by atoms with Crippen LogP contribution < -0.4 is 0 Å². The van der Waals surface area contributed by atoms with Crippen molar-refractivity contribution in [2.45, 2.75) is 6.92 Å². The van der Waals surface area contributed by atoms with Gasteiger partial charge in [0.1, 0.15) is 7.11 Å². The van der Waals surface area contributed by atoms with E-state index >= 15 is 0 Å². The molecule has 3 heteroatoms. The van der Waals surface area contributed by atoms with Crippen molar-refractivity contribution in [2.24, 2.45) is 5.16 Å². The average Bonchev–Trinajstić information content (AvgIpc) is 2.31. The fourth-order valence-electron chi connectivity index (χ4n) is 0.627. The Kier molecular flexibility index (Phi) is 2.45. The van der Waals surface area contributed by atoms with Crippen LogP contribution in [0.3, 0.4) is 0 Å². The van der Waals surface area contributed by atoms with Crippen LogP contribution >= 0.6 is 11.3 Å². The Morgan fingerprint density at radius 1 is 1.60 bits per heavy atom. The lowest BCUT2D eigenvalue weighted by Gasteiger charge is -1.82. The van der Waals surface area contributed by atoms with Gasteiger partial charge in [-0.15, -0.1) is 11.3 Å². The molecular formula is C7H9NOS. The second-order valence-corrected chi connectivity index (χ2v) is 3.18. The quantitative estimate of drug-likeness (QED) is 0.473. The van der Waals surface area contributed by atoms with Gasteiger partial charge in [0.2, 0.25) is 0 Å². The van der Waals surface area contributed by atoms with Crippen molar-refractivity contribution in [3.05, 3.63) is 21.9 Å². The average molecular weight is 155 g/mol. The molecule has 0 aromatic carbocycles. The van der Waals surface area contributed by atoms with Gasteiger partial charge in [-0.3, -0.25) is 0 Å². The van der Waals surface area contributed by atoms with Crippen molar-refractivity contribution < 1.29 is 4.84 Å². The smallest absolute Gasteiger partial charge is 0.106 e.